The van der Waals surface area contributed by atoms with Gasteiger partial charge in [0, 0.05) is 5.22 Å². The van der Waals surface area contributed by atoms with Crippen molar-refractivity contribution in [3.05, 3.63) is 41.4 Å². The second-order valence-electron chi connectivity index (χ2n) is 3.78. The summed E-state index contributed by atoms with van der Waals surface area (Å²) in [4.78, 5) is 8.51. The van der Waals surface area contributed by atoms with Crippen LogP contribution < -0.4 is 10.6 Å². The highest BCUT2D eigenvalue weighted by molar-refractivity contribution is 5.54. The van der Waals surface area contributed by atoms with Crippen molar-refractivity contribution in [2.75, 3.05) is 6.54 Å². The molecule has 1 aliphatic rings. The summed E-state index contributed by atoms with van der Waals surface area (Å²) in [6.45, 7) is 2.98. The quantitative estimate of drug-likeness (QED) is 0.726. The van der Waals surface area contributed by atoms with Crippen LogP contribution >= 0.6 is 0 Å². The summed E-state index contributed by atoms with van der Waals surface area (Å²) in [7, 11) is 0. The van der Waals surface area contributed by atoms with E-state index in [1.165, 1.54) is 10.8 Å². The van der Waals surface area contributed by atoms with Gasteiger partial charge in [0.05, 0.1) is 17.6 Å². The molecule has 0 bridgehead atoms. The lowest BCUT2D eigenvalue weighted by Gasteiger charge is -2.02. The maximum absolute atomic E-state index is 4.52. The van der Waals surface area contributed by atoms with E-state index in [-0.39, 0.29) is 0 Å². The lowest BCUT2D eigenvalue weighted by atomic mass is 10.1. The highest BCUT2D eigenvalue weighted by Crippen LogP contribution is 2.06. The minimum Gasteiger partial charge on any atom is -0.280 e. The summed E-state index contributed by atoms with van der Waals surface area (Å²) in [5.41, 5.74) is 2.45. The molecule has 4 nitrogen and oxygen atoms in total. The molecular weight excluding hydrogens is 200 g/mol. The van der Waals surface area contributed by atoms with Gasteiger partial charge in [-0.25, -0.2) is 9.67 Å². The lowest BCUT2D eigenvalue weighted by molar-refractivity contribution is 0.869. The average Bonchev–Trinajstić information content (AvgIpc) is 2.97. The molecule has 16 heavy (non-hydrogen) atoms. The Hall–Kier alpha value is -1.97. The number of hydrogen-bond acceptors (Lipinski definition) is 3. The standard InChI is InChI=1S/C12H12N4/c1-2-9-6-14-10-4-3-5-11(12(9)10)16-8-13-7-15-16/h3-5,7-8H,2,6H2,1H3. The number of aromatic nitrogens is 3. The van der Waals surface area contributed by atoms with E-state index in [0.717, 1.165) is 24.0 Å². The van der Waals surface area contributed by atoms with Crippen molar-refractivity contribution in [3.8, 4) is 5.69 Å². The average molecular weight is 212 g/mol. The Morgan fingerprint density at radius 1 is 1.38 bits per heavy atom. The first-order valence-electron chi connectivity index (χ1n) is 5.40. The fourth-order valence-corrected chi connectivity index (χ4v) is 2.09. The first kappa shape index (κ1) is 9.27. The van der Waals surface area contributed by atoms with Gasteiger partial charge in [0.2, 0.25) is 0 Å². The second-order valence-corrected chi connectivity index (χ2v) is 3.78. The van der Waals surface area contributed by atoms with Gasteiger partial charge in [-0.2, -0.15) is 5.10 Å². The Bertz CT molecular complexity index is 626. The highest BCUT2D eigenvalue weighted by atomic mass is 15.3. The minimum atomic E-state index is 0.817. The van der Waals surface area contributed by atoms with Gasteiger partial charge in [-0.15, -0.1) is 0 Å². The number of benzene rings is 1. The second kappa shape index (κ2) is 3.56. The predicted octanol–water partition coefficient (Wildman–Crippen LogP) is 0.461. The molecule has 1 aromatic carbocycles. The molecular formula is C12H12N4. The number of rotatable bonds is 2. The van der Waals surface area contributed by atoms with Crippen molar-refractivity contribution in [2.24, 2.45) is 4.99 Å². The topological polar surface area (TPSA) is 43.1 Å². The summed E-state index contributed by atoms with van der Waals surface area (Å²) in [5.74, 6) is 0. The number of nitrogens with zero attached hydrogens (tertiary/aromatic N) is 4. The van der Waals surface area contributed by atoms with E-state index in [1.54, 1.807) is 17.3 Å². The van der Waals surface area contributed by atoms with Crippen LogP contribution in [0, 0.1) is 0 Å². The van der Waals surface area contributed by atoms with Crippen molar-refractivity contribution in [2.45, 2.75) is 13.3 Å². The zero-order chi connectivity index (χ0) is 11.0. The molecule has 0 fully saturated rings. The van der Waals surface area contributed by atoms with Gasteiger partial charge in [0.15, 0.2) is 0 Å². The van der Waals surface area contributed by atoms with E-state index >= 15 is 0 Å². The van der Waals surface area contributed by atoms with Crippen molar-refractivity contribution >= 4 is 5.57 Å². The van der Waals surface area contributed by atoms with E-state index < -0.39 is 0 Å². The van der Waals surface area contributed by atoms with Gasteiger partial charge >= 0.3 is 0 Å². The molecule has 0 N–H and O–H groups in total. The molecule has 4 heteroatoms. The van der Waals surface area contributed by atoms with E-state index in [2.05, 4.69) is 34.1 Å². The normalized spacial score (nSPS) is 13.7. The van der Waals surface area contributed by atoms with Gasteiger partial charge in [0.1, 0.15) is 12.7 Å². The molecule has 0 aliphatic carbocycles. The van der Waals surface area contributed by atoms with Crippen LogP contribution in [0.4, 0.5) is 0 Å². The Morgan fingerprint density at radius 2 is 2.31 bits per heavy atom. The zero-order valence-corrected chi connectivity index (χ0v) is 9.09. The largest absolute Gasteiger partial charge is 0.280 e. The molecule has 0 saturated heterocycles. The van der Waals surface area contributed by atoms with E-state index in [0.29, 0.717) is 0 Å². The molecule has 0 unspecified atom stereocenters. The Morgan fingerprint density at radius 3 is 3.06 bits per heavy atom. The van der Waals surface area contributed by atoms with Crippen LogP contribution in [0.2, 0.25) is 0 Å². The monoisotopic (exact) mass is 212 g/mol. The Balaban J connectivity index is 2.38. The van der Waals surface area contributed by atoms with Gasteiger partial charge < -0.3 is 0 Å². The molecule has 3 rings (SSSR count). The van der Waals surface area contributed by atoms with Gasteiger partial charge in [-0.3, -0.25) is 4.99 Å². The predicted molar refractivity (Wildman–Crippen MR) is 60.7 cm³/mol. The third-order valence-corrected chi connectivity index (χ3v) is 2.91. The van der Waals surface area contributed by atoms with Gasteiger partial charge in [-0.05, 0) is 24.1 Å². The zero-order valence-electron chi connectivity index (χ0n) is 9.09. The third-order valence-electron chi connectivity index (χ3n) is 2.91. The lowest BCUT2D eigenvalue weighted by Crippen LogP contribution is -2.28. The van der Waals surface area contributed by atoms with Crippen molar-refractivity contribution in [1.29, 1.82) is 0 Å². The summed E-state index contributed by atoms with van der Waals surface area (Å²) in [5, 5.41) is 6.49. The van der Waals surface area contributed by atoms with Crippen LogP contribution in [0.1, 0.15) is 13.3 Å². The number of hydrogen-bond donors (Lipinski definition) is 0. The van der Waals surface area contributed by atoms with Crippen LogP contribution in [0.15, 0.2) is 35.8 Å². The third kappa shape index (κ3) is 1.26. The molecule has 1 aliphatic heterocycles. The molecule has 0 amide bonds. The molecule has 2 heterocycles. The van der Waals surface area contributed by atoms with Crippen molar-refractivity contribution in [3.63, 3.8) is 0 Å². The van der Waals surface area contributed by atoms with Crippen LogP contribution in [-0.4, -0.2) is 21.3 Å². The van der Waals surface area contributed by atoms with E-state index in [9.17, 15) is 0 Å². The van der Waals surface area contributed by atoms with Crippen LogP contribution in [-0.2, 0) is 0 Å². The number of fused-ring (bicyclic) bond motifs is 1. The van der Waals surface area contributed by atoms with Gasteiger partial charge in [0.25, 0.3) is 0 Å². The summed E-state index contributed by atoms with van der Waals surface area (Å²) in [6.07, 6.45) is 4.31. The van der Waals surface area contributed by atoms with Crippen molar-refractivity contribution < 1.29 is 0 Å². The van der Waals surface area contributed by atoms with E-state index in [1.807, 2.05) is 6.07 Å². The van der Waals surface area contributed by atoms with E-state index in [4.69, 9.17) is 0 Å². The fraction of sp³-hybridized carbons (Fsp3) is 0.250. The molecule has 1 aromatic heterocycles. The van der Waals surface area contributed by atoms with Crippen molar-refractivity contribution in [1.82, 2.24) is 14.8 Å². The van der Waals surface area contributed by atoms with Crippen LogP contribution in [0.5, 0.6) is 0 Å². The van der Waals surface area contributed by atoms with Crippen LogP contribution in [0.25, 0.3) is 11.3 Å². The highest BCUT2D eigenvalue weighted by Gasteiger charge is 2.09. The molecule has 0 spiro atoms. The maximum Gasteiger partial charge on any atom is 0.138 e. The summed E-state index contributed by atoms with van der Waals surface area (Å²) in [6, 6.07) is 6.13. The maximum atomic E-state index is 4.52. The van der Waals surface area contributed by atoms with Crippen LogP contribution in [0.3, 0.4) is 0 Å². The molecule has 0 atom stereocenters. The molecule has 2 aromatic rings. The van der Waals surface area contributed by atoms with Gasteiger partial charge in [-0.1, -0.05) is 13.0 Å². The Labute approximate surface area is 93.0 Å². The fourth-order valence-electron chi connectivity index (χ4n) is 2.09. The molecule has 0 radical (unpaired) electrons. The molecule has 80 valence electrons. The smallest absolute Gasteiger partial charge is 0.138 e. The minimum absolute atomic E-state index is 0.817. The summed E-state index contributed by atoms with van der Waals surface area (Å²) < 4.78 is 1.80. The first-order valence-corrected chi connectivity index (χ1v) is 5.40. The Kier molecular flexibility index (Phi) is 2.06. The molecule has 0 saturated carbocycles. The summed E-state index contributed by atoms with van der Waals surface area (Å²) >= 11 is 0. The first-order chi connectivity index (χ1) is 7.90. The SMILES string of the molecule is CCC1=c2c(-n3cncn3)cccc2=NC1.